The molecule has 30 heavy (non-hydrogen) atoms. The first-order valence-corrected chi connectivity index (χ1v) is 10.4. The van der Waals surface area contributed by atoms with Gasteiger partial charge in [-0.1, -0.05) is 42.5 Å². The fourth-order valence-electron chi connectivity index (χ4n) is 3.26. The Labute approximate surface area is 177 Å². The van der Waals surface area contributed by atoms with Gasteiger partial charge < -0.3 is 9.73 Å². The number of furan rings is 1. The molecule has 2 heterocycles. The summed E-state index contributed by atoms with van der Waals surface area (Å²) >= 11 is 0.915. The van der Waals surface area contributed by atoms with Crippen molar-refractivity contribution in [3.05, 3.63) is 76.4 Å². The lowest BCUT2D eigenvalue weighted by Gasteiger charge is -2.12. The van der Waals surface area contributed by atoms with Crippen LogP contribution >= 0.6 is 11.8 Å². The first-order valence-electron chi connectivity index (χ1n) is 9.55. The first-order chi connectivity index (χ1) is 14.5. The van der Waals surface area contributed by atoms with Gasteiger partial charge in [-0.25, -0.2) is 0 Å². The number of hydrogen-bond donors (Lipinski definition) is 1. The molecule has 0 unspecified atom stereocenters. The van der Waals surface area contributed by atoms with E-state index in [0.29, 0.717) is 4.91 Å². The van der Waals surface area contributed by atoms with E-state index in [0.717, 1.165) is 44.3 Å². The highest BCUT2D eigenvalue weighted by molar-refractivity contribution is 8.18. The predicted molar refractivity (Wildman–Crippen MR) is 117 cm³/mol. The molecule has 2 aromatic carbocycles. The van der Waals surface area contributed by atoms with Crippen molar-refractivity contribution in [1.29, 1.82) is 0 Å². The highest BCUT2D eigenvalue weighted by Crippen LogP contribution is 2.31. The fraction of sp³-hybridized carbons (Fsp3) is 0.174. The molecule has 0 radical (unpaired) electrons. The highest BCUT2D eigenvalue weighted by atomic mass is 32.2. The third kappa shape index (κ3) is 4.31. The number of fused-ring (bicyclic) bond motifs is 1. The Balaban J connectivity index is 1.32. The number of hydrogen-bond acceptors (Lipinski definition) is 5. The molecular weight excluding hydrogens is 400 g/mol. The van der Waals surface area contributed by atoms with Gasteiger partial charge in [-0.15, -0.1) is 0 Å². The number of nitrogens with one attached hydrogen (secondary N) is 1. The average Bonchev–Trinajstić information content (AvgIpc) is 3.23. The second-order valence-electron chi connectivity index (χ2n) is 7.03. The number of thioether (sulfide) groups is 1. The van der Waals surface area contributed by atoms with Crippen LogP contribution in [0.4, 0.5) is 4.79 Å². The van der Waals surface area contributed by atoms with E-state index >= 15 is 0 Å². The smallest absolute Gasteiger partial charge is 0.293 e. The molecule has 1 aliphatic heterocycles. The average molecular weight is 420 g/mol. The minimum absolute atomic E-state index is 0.133. The number of amides is 3. The minimum atomic E-state index is -0.334. The quantitative estimate of drug-likeness (QED) is 0.607. The van der Waals surface area contributed by atoms with E-state index in [1.54, 1.807) is 12.3 Å². The molecule has 0 saturated carbocycles. The summed E-state index contributed by atoms with van der Waals surface area (Å²) in [6, 6.07) is 15.2. The minimum Gasteiger partial charge on any atom is -0.464 e. The Bertz CT molecular complexity index is 1150. The van der Waals surface area contributed by atoms with Gasteiger partial charge in [0.15, 0.2) is 0 Å². The molecule has 3 amide bonds. The standard InChI is InChI=1S/C23H20N2O4S/c1-15-7-8-18-17(14-29-19(18)11-15)13-21(26)24-9-10-25-22(27)20(30-23(25)28)12-16-5-3-2-4-6-16/h2-8,11-12,14H,9-10,13H2,1H3,(H,24,26)/b20-12-. The lowest BCUT2D eigenvalue weighted by Crippen LogP contribution is -2.37. The van der Waals surface area contributed by atoms with Crippen LogP contribution in [0.3, 0.4) is 0 Å². The lowest BCUT2D eigenvalue weighted by molar-refractivity contribution is -0.124. The number of benzene rings is 2. The zero-order valence-corrected chi connectivity index (χ0v) is 17.2. The van der Waals surface area contributed by atoms with Crippen LogP contribution in [0, 0.1) is 6.92 Å². The van der Waals surface area contributed by atoms with Crippen LogP contribution in [0.15, 0.2) is 64.1 Å². The zero-order valence-electron chi connectivity index (χ0n) is 16.4. The molecule has 1 saturated heterocycles. The molecular formula is C23H20N2O4S. The van der Waals surface area contributed by atoms with Crippen molar-refractivity contribution in [1.82, 2.24) is 10.2 Å². The van der Waals surface area contributed by atoms with Gasteiger partial charge in [0.2, 0.25) is 5.91 Å². The lowest BCUT2D eigenvalue weighted by atomic mass is 10.1. The fourth-order valence-corrected chi connectivity index (χ4v) is 4.13. The zero-order chi connectivity index (χ0) is 21.1. The van der Waals surface area contributed by atoms with Crippen molar-refractivity contribution < 1.29 is 18.8 Å². The van der Waals surface area contributed by atoms with Gasteiger partial charge in [-0.05, 0) is 42.0 Å². The summed E-state index contributed by atoms with van der Waals surface area (Å²) in [7, 11) is 0. The third-order valence-corrected chi connectivity index (χ3v) is 5.70. The molecule has 1 aromatic heterocycles. The number of imide groups is 1. The van der Waals surface area contributed by atoms with E-state index in [1.165, 1.54) is 0 Å². The van der Waals surface area contributed by atoms with Crippen LogP contribution in [0.5, 0.6) is 0 Å². The van der Waals surface area contributed by atoms with E-state index in [9.17, 15) is 14.4 Å². The first kappa shape index (κ1) is 20.0. The maximum absolute atomic E-state index is 12.5. The molecule has 0 aliphatic carbocycles. The molecule has 4 rings (SSSR count). The van der Waals surface area contributed by atoms with Gasteiger partial charge in [0.1, 0.15) is 5.58 Å². The van der Waals surface area contributed by atoms with Gasteiger partial charge in [-0.3, -0.25) is 19.3 Å². The van der Waals surface area contributed by atoms with Crippen LogP contribution in [0.2, 0.25) is 0 Å². The van der Waals surface area contributed by atoms with Crippen LogP contribution in [0.25, 0.3) is 17.0 Å². The molecule has 7 heteroatoms. The van der Waals surface area contributed by atoms with Gasteiger partial charge >= 0.3 is 0 Å². The molecule has 6 nitrogen and oxygen atoms in total. The van der Waals surface area contributed by atoms with Crippen LogP contribution in [-0.4, -0.2) is 35.0 Å². The van der Waals surface area contributed by atoms with Crippen molar-refractivity contribution in [2.45, 2.75) is 13.3 Å². The third-order valence-electron chi connectivity index (χ3n) is 4.79. The number of rotatable bonds is 6. The van der Waals surface area contributed by atoms with E-state index in [1.807, 2.05) is 55.5 Å². The van der Waals surface area contributed by atoms with Crippen LogP contribution < -0.4 is 5.32 Å². The topological polar surface area (TPSA) is 79.6 Å². The normalized spacial score (nSPS) is 15.4. The Morgan fingerprint density at radius 2 is 1.97 bits per heavy atom. The highest BCUT2D eigenvalue weighted by Gasteiger charge is 2.34. The number of carbonyl (C=O) groups excluding carboxylic acids is 3. The SMILES string of the molecule is Cc1ccc2c(CC(=O)NCCN3C(=O)S/C(=C\c4ccccc4)C3=O)coc2c1. The predicted octanol–water partition coefficient (Wildman–Crippen LogP) is 4.14. The van der Waals surface area contributed by atoms with Crippen molar-refractivity contribution in [3.63, 3.8) is 0 Å². The Kier molecular flexibility index (Phi) is 5.72. The van der Waals surface area contributed by atoms with Crippen molar-refractivity contribution in [3.8, 4) is 0 Å². The maximum atomic E-state index is 12.5. The van der Waals surface area contributed by atoms with Gasteiger partial charge in [0.25, 0.3) is 11.1 Å². The summed E-state index contributed by atoms with van der Waals surface area (Å²) < 4.78 is 5.52. The molecule has 1 fully saturated rings. The van der Waals surface area contributed by atoms with Crippen molar-refractivity contribution >= 4 is 45.9 Å². The van der Waals surface area contributed by atoms with Crippen LogP contribution in [0.1, 0.15) is 16.7 Å². The molecule has 0 bridgehead atoms. The Morgan fingerprint density at radius 3 is 2.77 bits per heavy atom. The summed E-state index contributed by atoms with van der Waals surface area (Å²) in [5.74, 6) is -0.524. The Hall–Kier alpha value is -3.32. The maximum Gasteiger partial charge on any atom is 0.293 e. The van der Waals surface area contributed by atoms with E-state index in [-0.39, 0.29) is 36.6 Å². The summed E-state index contributed by atoms with van der Waals surface area (Å²) in [5, 5.41) is 3.36. The molecule has 1 aliphatic rings. The van der Waals surface area contributed by atoms with Crippen molar-refractivity contribution in [2.24, 2.45) is 0 Å². The summed E-state index contributed by atoms with van der Waals surface area (Å²) in [6.07, 6.45) is 3.47. The summed E-state index contributed by atoms with van der Waals surface area (Å²) in [4.78, 5) is 38.6. The van der Waals surface area contributed by atoms with E-state index in [2.05, 4.69) is 5.32 Å². The van der Waals surface area contributed by atoms with Crippen molar-refractivity contribution in [2.75, 3.05) is 13.1 Å². The second kappa shape index (κ2) is 8.59. The number of aryl methyl sites for hydroxylation is 1. The van der Waals surface area contributed by atoms with Gasteiger partial charge in [0, 0.05) is 24.0 Å². The number of carbonyl (C=O) groups is 3. The molecule has 0 spiro atoms. The van der Waals surface area contributed by atoms with Gasteiger partial charge in [0.05, 0.1) is 17.6 Å². The molecule has 0 atom stereocenters. The van der Waals surface area contributed by atoms with E-state index in [4.69, 9.17) is 4.42 Å². The molecule has 152 valence electrons. The van der Waals surface area contributed by atoms with E-state index < -0.39 is 0 Å². The molecule has 1 N–H and O–H groups in total. The summed E-state index contributed by atoms with van der Waals surface area (Å²) in [5.41, 5.74) is 3.51. The monoisotopic (exact) mass is 420 g/mol. The molecule has 3 aromatic rings. The number of nitrogens with zero attached hydrogens (tertiary/aromatic N) is 1. The van der Waals surface area contributed by atoms with Crippen LogP contribution in [-0.2, 0) is 16.0 Å². The second-order valence-corrected chi connectivity index (χ2v) is 8.02. The largest absolute Gasteiger partial charge is 0.464 e. The Morgan fingerprint density at radius 1 is 1.17 bits per heavy atom. The summed E-state index contributed by atoms with van der Waals surface area (Å²) in [6.45, 7) is 2.31. The van der Waals surface area contributed by atoms with Gasteiger partial charge in [-0.2, -0.15) is 0 Å².